The number of benzene rings is 2. The summed E-state index contributed by atoms with van der Waals surface area (Å²) in [6.45, 7) is 8.73. The molecule has 3 nitrogen and oxygen atoms in total. The van der Waals surface area contributed by atoms with Gasteiger partial charge in [-0.1, -0.05) is 49.2 Å². The Bertz CT molecular complexity index is 1020. The van der Waals surface area contributed by atoms with Crippen molar-refractivity contribution in [2.45, 2.75) is 40.0 Å². The van der Waals surface area contributed by atoms with Crippen molar-refractivity contribution in [3.63, 3.8) is 0 Å². The number of pyridine rings is 1. The quantitative estimate of drug-likeness (QED) is 0.499. The highest BCUT2D eigenvalue weighted by molar-refractivity contribution is 6.34. The summed E-state index contributed by atoms with van der Waals surface area (Å²) in [6, 6.07) is 11.5. The normalized spacial score (nSPS) is 11.2. The maximum absolute atomic E-state index is 12.4. The Balaban J connectivity index is 1.82. The molecule has 0 aliphatic rings. The zero-order valence-electron chi connectivity index (χ0n) is 16.6. The van der Waals surface area contributed by atoms with E-state index in [0.29, 0.717) is 16.0 Å². The molecule has 2 aromatic carbocycles. The van der Waals surface area contributed by atoms with Crippen LogP contribution in [0.3, 0.4) is 0 Å². The van der Waals surface area contributed by atoms with Gasteiger partial charge in [0, 0.05) is 21.9 Å². The Hall–Kier alpha value is -2.10. The van der Waals surface area contributed by atoms with Gasteiger partial charge in [0.15, 0.2) is 5.78 Å². The van der Waals surface area contributed by atoms with Crippen LogP contribution in [0.2, 0.25) is 10.0 Å². The maximum Gasteiger partial charge on any atom is 0.156 e. The van der Waals surface area contributed by atoms with Crippen LogP contribution >= 0.6 is 23.2 Å². The van der Waals surface area contributed by atoms with Crippen molar-refractivity contribution in [3.8, 4) is 0 Å². The Kier molecular flexibility index (Phi) is 6.26. The number of aromatic nitrogens is 1. The molecule has 0 bridgehead atoms. The summed E-state index contributed by atoms with van der Waals surface area (Å²) in [4.78, 5) is 17.2. The van der Waals surface area contributed by atoms with Crippen molar-refractivity contribution < 1.29 is 4.79 Å². The lowest BCUT2D eigenvalue weighted by Crippen LogP contribution is -2.17. The molecule has 0 spiro atoms. The first-order chi connectivity index (χ1) is 13.2. The molecular weight excluding hydrogens is 391 g/mol. The minimum Gasteiger partial charge on any atom is -0.363 e. The molecule has 0 unspecified atom stereocenters. The largest absolute Gasteiger partial charge is 0.363 e. The number of fused-ring (bicyclic) bond motifs is 1. The molecule has 1 aromatic heterocycles. The topological polar surface area (TPSA) is 42.0 Å². The summed E-state index contributed by atoms with van der Waals surface area (Å²) >= 11 is 12.0. The van der Waals surface area contributed by atoms with Crippen LogP contribution in [0.5, 0.6) is 0 Å². The third-order valence-electron chi connectivity index (χ3n) is 4.81. The molecule has 5 heteroatoms. The average Bonchev–Trinajstić information content (AvgIpc) is 2.61. The second kappa shape index (κ2) is 8.50. The van der Waals surface area contributed by atoms with Crippen LogP contribution in [0.1, 0.15) is 42.0 Å². The number of Topliss-reactive ketones (excluding diaryl/α,β-unsaturated/α-hetero) is 1. The van der Waals surface area contributed by atoms with Gasteiger partial charge in [0.25, 0.3) is 0 Å². The first-order valence-electron chi connectivity index (χ1n) is 9.36. The number of ketones is 1. The van der Waals surface area contributed by atoms with Gasteiger partial charge < -0.3 is 5.32 Å². The molecule has 28 heavy (non-hydrogen) atoms. The van der Waals surface area contributed by atoms with Crippen molar-refractivity contribution in [1.29, 1.82) is 0 Å². The molecule has 1 heterocycles. The van der Waals surface area contributed by atoms with E-state index in [0.717, 1.165) is 22.5 Å². The molecule has 3 rings (SSSR count). The highest BCUT2D eigenvalue weighted by Crippen LogP contribution is 2.31. The number of hydrogen-bond acceptors (Lipinski definition) is 3. The number of carbonyl (C=O) groups excluding carboxylic acids is 1. The van der Waals surface area contributed by atoms with Crippen LogP contribution in [0.15, 0.2) is 36.4 Å². The summed E-state index contributed by atoms with van der Waals surface area (Å²) in [5.74, 6) is 1.13. The molecule has 0 aliphatic carbocycles. The van der Waals surface area contributed by atoms with E-state index in [2.05, 4.69) is 51.2 Å². The summed E-state index contributed by atoms with van der Waals surface area (Å²) in [5, 5.41) is 5.48. The zero-order valence-corrected chi connectivity index (χ0v) is 18.1. The molecule has 146 valence electrons. The number of aryl methyl sites for hydroxylation is 2. The van der Waals surface area contributed by atoms with Gasteiger partial charge in [0.1, 0.15) is 5.82 Å². The smallest absolute Gasteiger partial charge is 0.156 e. The number of anilines is 1. The first kappa shape index (κ1) is 20.6. The van der Waals surface area contributed by atoms with Crippen molar-refractivity contribution in [2.24, 2.45) is 0 Å². The highest BCUT2D eigenvalue weighted by atomic mass is 35.5. The molecule has 0 amide bonds. The fraction of sp³-hybridized carbons (Fsp3) is 0.304. The van der Waals surface area contributed by atoms with E-state index < -0.39 is 0 Å². The lowest BCUT2D eigenvalue weighted by molar-refractivity contribution is -0.116. The van der Waals surface area contributed by atoms with E-state index in [1.54, 1.807) is 18.2 Å². The maximum atomic E-state index is 12.4. The van der Waals surface area contributed by atoms with E-state index in [4.69, 9.17) is 28.2 Å². The highest BCUT2D eigenvalue weighted by Gasteiger charge is 2.14. The van der Waals surface area contributed by atoms with Crippen molar-refractivity contribution >= 4 is 45.7 Å². The molecular formula is C23H24Cl2N2O. The van der Waals surface area contributed by atoms with Gasteiger partial charge in [0.2, 0.25) is 0 Å². The van der Waals surface area contributed by atoms with Gasteiger partial charge in [0.05, 0.1) is 12.1 Å². The summed E-state index contributed by atoms with van der Waals surface area (Å²) in [7, 11) is 0. The third kappa shape index (κ3) is 4.65. The molecule has 0 saturated carbocycles. The molecule has 0 aliphatic heterocycles. The lowest BCUT2D eigenvalue weighted by Gasteiger charge is -2.16. The van der Waals surface area contributed by atoms with Crippen LogP contribution in [0.4, 0.5) is 5.82 Å². The summed E-state index contributed by atoms with van der Waals surface area (Å²) < 4.78 is 0. The Morgan fingerprint density at radius 3 is 2.32 bits per heavy atom. The zero-order chi connectivity index (χ0) is 20.4. The summed E-state index contributed by atoms with van der Waals surface area (Å²) in [6.07, 6.45) is 0.274. The van der Waals surface area contributed by atoms with Crippen molar-refractivity contribution in [2.75, 3.05) is 11.9 Å². The van der Waals surface area contributed by atoms with E-state index in [-0.39, 0.29) is 18.7 Å². The average molecular weight is 415 g/mol. The van der Waals surface area contributed by atoms with Crippen LogP contribution in [-0.4, -0.2) is 17.3 Å². The molecule has 0 saturated heterocycles. The van der Waals surface area contributed by atoms with Crippen molar-refractivity contribution in [3.05, 3.63) is 68.7 Å². The number of carbonyl (C=O) groups is 1. The van der Waals surface area contributed by atoms with E-state index in [1.165, 1.54) is 16.5 Å². The van der Waals surface area contributed by atoms with Gasteiger partial charge in [-0.3, -0.25) is 4.79 Å². The second-order valence-electron chi connectivity index (χ2n) is 7.52. The minimum atomic E-state index is 0.0484. The number of nitrogens with one attached hydrogen (secondary N) is 1. The minimum absolute atomic E-state index is 0.0484. The van der Waals surface area contributed by atoms with Crippen LogP contribution < -0.4 is 5.32 Å². The monoisotopic (exact) mass is 414 g/mol. The number of hydrogen-bond donors (Lipinski definition) is 1. The van der Waals surface area contributed by atoms with Crippen LogP contribution in [0, 0.1) is 13.8 Å². The van der Waals surface area contributed by atoms with Gasteiger partial charge in [-0.05, 0) is 66.3 Å². The number of halogens is 2. The van der Waals surface area contributed by atoms with Gasteiger partial charge in [-0.2, -0.15) is 0 Å². The Labute approximate surface area is 176 Å². The fourth-order valence-electron chi connectivity index (χ4n) is 3.42. The standard InChI is InChI=1S/C23H24Cl2N2O/c1-13(2)20-11-21(27-23-15(4)6-5-14(3)22(20)23)26-12-19(28)9-16-7-17(24)10-18(25)8-16/h5-8,10-11,13H,9,12H2,1-4H3,(H,26,27). The van der Waals surface area contributed by atoms with Gasteiger partial charge >= 0.3 is 0 Å². The SMILES string of the molecule is Cc1ccc(C)c2c(C(C)C)cc(NCC(=O)Cc3cc(Cl)cc(Cl)c3)nc12. The second-order valence-corrected chi connectivity index (χ2v) is 8.39. The van der Waals surface area contributed by atoms with Crippen LogP contribution in [0.25, 0.3) is 10.9 Å². The van der Waals surface area contributed by atoms with E-state index >= 15 is 0 Å². The Morgan fingerprint density at radius 1 is 1.04 bits per heavy atom. The van der Waals surface area contributed by atoms with Gasteiger partial charge in [-0.25, -0.2) is 4.98 Å². The Morgan fingerprint density at radius 2 is 1.68 bits per heavy atom. The molecule has 1 N–H and O–H groups in total. The summed E-state index contributed by atoms with van der Waals surface area (Å²) in [5.41, 5.74) is 5.39. The molecule has 0 radical (unpaired) electrons. The van der Waals surface area contributed by atoms with Crippen LogP contribution in [-0.2, 0) is 11.2 Å². The number of nitrogens with zero attached hydrogens (tertiary/aromatic N) is 1. The van der Waals surface area contributed by atoms with E-state index in [9.17, 15) is 4.79 Å². The lowest BCUT2D eigenvalue weighted by atomic mass is 9.94. The third-order valence-corrected chi connectivity index (χ3v) is 5.25. The van der Waals surface area contributed by atoms with E-state index in [1.807, 2.05) is 0 Å². The van der Waals surface area contributed by atoms with Crippen molar-refractivity contribution in [1.82, 2.24) is 4.98 Å². The first-order valence-corrected chi connectivity index (χ1v) is 10.1. The number of rotatable bonds is 6. The predicted octanol–water partition coefficient (Wildman–Crippen LogP) is 6.51. The predicted molar refractivity (Wildman–Crippen MR) is 119 cm³/mol. The molecule has 0 atom stereocenters. The fourth-order valence-corrected chi connectivity index (χ4v) is 3.99. The molecule has 3 aromatic rings. The molecule has 0 fully saturated rings. The van der Waals surface area contributed by atoms with Gasteiger partial charge in [-0.15, -0.1) is 0 Å².